The van der Waals surface area contributed by atoms with Crippen LogP contribution >= 0.6 is 0 Å². The zero-order valence-electron chi connectivity index (χ0n) is 17.0. The van der Waals surface area contributed by atoms with E-state index in [1.54, 1.807) is 0 Å². The number of hydrogen-bond donors (Lipinski definition) is 2. The van der Waals surface area contributed by atoms with E-state index in [9.17, 15) is 0 Å². The van der Waals surface area contributed by atoms with Gasteiger partial charge in [0.1, 0.15) is 16.5 Å². The SMILES string of the molecule is CC(C)(C)[Si](C)(C)NC1CCC(N[Si](C)(C)C(C)(C)C)CC1. The van der Waals surface area contributed by atoms with Crippen LogP contribution in [0.1, 0.15) is 67.2 Å². The summed E-state index contributed by atoms with van der Waals surface area (Å²) in [5, 5.41) is 0.868. The Balaban J connectivity index is 2.51. The Kier molecular flexibility index (Phi) is 6.21. The maximum atomic E-state index is 4.07. The predicted molar refractivity (Wildman–Crippen MR) is 107 cm³/mol. The minimum absolute atomic E-state index is 0.434. The van der Waals surface area contributed by atoms with E-state index in [4.69, 9.17) is 0 Å². The van der Waals surface area contributed by atoms with Crippen molar-refractivity contribution < 1.29 is 0 Å². The summed E-state index contributed by atoms with van der Waals surface area (Å²) in [5.74, 6) is 0. The molecule has 0 aromatic rings. The third-order valence-corrected chi connectivity index (χ3v) is 16.4. The lowest BCUT2D eigenvalue weighted by molar-refractivity contribution is 0.350. The molecule has 0 aliphatic heterocycles. The van der Waals surface area contributed by atoms with Gasteiger partial charge in [0.15, 0.2) is 0 Å². The van der Waals surface area contributed by atoms with Crippen molar-refractivity contribution in [3.8, 4) is 0 Å². The lowest BCUT2D eigenvalue weighted by Gasteiger charge is -2.45. The maximum absolute atomic E-state index is 4.07. The van der Waals surface area contributed by atoms with Crippen molar-refractivity contribution in [2.75, 3.05) is 0 Å². The fourth-order valence-electron chi connectivity index (χ4n) is 2.84. The maximum Gasteiger partial charge on any atom is 0.125 e. The highest BCUT2D eigenvalue weighted by atomic mass is 28.3. The Hall–Kier alpha value is 0.354. The van der Waals surface area contributed by atoms with Gasteiger partial charge < -0.3 is 9.96 Å². The van der Waals surface area contributed by atoms with Crippen LogP contribution in [0.3, 0.4) is 0 Å². The van der Waals surface area contributed by atoms with Gasteiger partial charge in [-0.1, -0.05) is 67.7 Å². The van der Waals surface area contributed by atoms with Gasteiger partial charge in [0.25, 0.3) is 0 Å². The summed E-state index contributed by atoms with van der Waals surface area (Å²) in [4.78, 5) is 8.14. The van der Waals surface area contributed by atoms with Crippen molar-refractivity contribution in [1.82, 2.24) is 9.96 Å². The summed E-state index contributed by atoms with van der Waals surface area (Å²) >= 11 is 0. The van der Waals surface area contributed by atoms with E-state index in [2.05, 4.69) is 77.7 Å². The molecule has 0 radical (unpaired) electrons. The topological polar surface area (TPSA) is 24.1 Å². The van der Waals surface area contributed by atoms with Gasteiger partial charge in [-0.05, 0) is 35.8 Å². The molecule has 0 atom stereocenters. The minimum Gasteiger partial charge on any atom is -0.334 e. The summed E-state index contributed by atoms with van der Waals surface area (Å²) in [5.41, 5.74) is 0. The van der Waals surface area contributed by atoms with E-state index in [1.165, 1.54) is 25.7 Å². The first kappa shape index (κ1) is 20.4. The molecule has 2 N–H and O–H groups in total. The summed E-state index contributed by atoms with van der Waals surface area (Å²) in [7, 11) is -2.71. The van der Waals surface area contributed by atoms with Crippen molar-refractivity contribution in [1.29, 1.82) is 0 Å². The summed E-state index contributed by atoms with van der Waals surface area (Å²) < 4.78 is 0. The zero-order valence-corrected chi connectivity index (χ0v) is 19.0. The smallest absolute Gasteiger partial charge is 0.125 e. The van der Waals surface area contributed by atoms with Gasteiger partial charge in [-0.2, -0.15) is 0 Å². The first-order valence-corrected chi connectivity index (χ1v) is 15.2. The minimum atomic E-state index is -1.35. The van der Waals surface area contributed by atoms with Crippen molar-refractivity contribution in [2.45, 2.75) is 116 Å². The molecule has 1 rings (SSSR count). The molecule has 1 saturated carbocycles. The van der Waals surface area contributed by atoms with Gasteiger partial charge in [-0.3, -0.25) is 0 Å². The molecule has 0 bridgehead atoms. The van der Waals surface area contributed by atoms with Crippen LogP contribution in [-0.4, -0.2) is 28.6 Å². The molecule has 1 aliphatic carbocycles. The van der Waals surface area contributed by atoms with Crippen LogP contribution in [0.5, 0.6) is 0 Å². The lowest BCUT2D eigenvalue weighted by atomic mass is 9.92. The molecule has 22 heavy (non-hydrogen) atoms. The van der Waals surface area contributed by atoms with E-state index in [0.29, 0.717) is 10.1 Å². The first-order valence-electron chi connectivity index (χ1n) is 9.21. The first-order chi connectivity index (χ1) is 9.66. The highest BCUT2D eigenvalue weighted by molar-refractivity contribution is 6.78. The Labute approximate surface area is 142 Å². The molecule has 4 heteroatoms. The van der Waals surface area contributed by atoms with Gasteiger partial charge in [0, 0.05) is 12.1 Å². The summed E-state index contributed by atoms with van der Waals surface area (Å²) in [6.45, 7) is 24.4. The predicted octanol–water partition coefficient (Wildman–Crippen LogP) is 5.49. The quantitative estimate of drug-likeness (QED) is 0.660. The average molecular weight is 343 g/mol. The molecule has 0 amide bonds. The van der Waals surface area contributed by atoms with Crippen LogP contribution in [0.15, 0.2) is 0 Å². The molecule has 2 nitrogen and oxygen atoms in total. The van der Waals surface area contributed by atoms with E-state index in [0.717, 1.165) is 12.1 Å². The fraction of sp³-hybridized carbons (Fsp3) is 1.00. The van der Waals surface area contributed by atoms with E-state index in [-0.39, 0.29) is 0 Å². The monoisotopic (exact) mass is 342 g/mol. The van der Waals surface area contributed by atoms with Crippen LogP contribution in [0.25, 0.3) is 0 Å². The second-order valence-corrected chi connectivity index (χ2v) is 20.7. The van der Waals surface area contributed by atoms with Crippen LogP contribution < -0.4 is 9.96 Å². The molecule has 0 aromatic carbocycles. The molecule has 0 heterocycles. The van der Waals surface area contributed by atoms with Crippen molar-refractivity contribution in [2.24, 2.45) is 0 Å². The molecule has 1 fully saturated rings. The third-order valence-electron chi connectivity index (χ3n) is 6.61. The number of hydrogen-bond acceptors (Lipinski definition) is 2. The molecule has 1 aliphatic rings. The number of nitrogens with one attached hydrogen (secondary N) is 2. The van der Waals surface area contributed by atoms with Crippen LogP contribution in [0.2, 0.25) is 36.3 Å². The van der Waals surface area contributed by atoms with Gasteiger partial charge in [-0.15, -0.1) is 0 Å². The van der Waals surface area contributed by atoms with Crippen LogP contribution in [-0.2, 0) is 0 Å². The van der Waals surface area contributed by atoms with Crippen molar-refractivity contribution >= 4 is 16.5 Å². The Bertz CT molecular complexity index is 320. The largest absolute Gasteiger partial charge is 0.334 e. The standard InChI is InChI=1S/C18H42N2Si2/c1-17(2,3)21(7,8)19-15-11-13-16(14-12-15)20-22(9,10)18(4,5)6/h15-16,19-20H,11-14H2,1-10H3. The molecular formula is C18H42N2Si2. The highest BCUT2D eigenvalue weighted by Gasteiger charge is 2.40. The van der Waals surface area contributed by atoms with Crippen LogP contribution in [0, 0.1) is 0 Å². The van der Waals surface area contributed by atoms with Crippen molar-refractivity contribution in [3.05, 3.63) is 0 Å². The molecule has 132 valence electrons. The van der Waals surface area contributed by atoms with Crippen LogP contribution in [0.4, 0.5) is 0 Å². The fourth-order valence-corrected chi connectivity index (χ4v) is 6.32. The Morgan fingerprint density at radius 3 is 1.00 bits per heavy atom. The number of rotatable bonds is 4. The second-order valence-electron chi connectivity index (χ2n) is 10.6. The second kappa shape index (κ2) is 6.69. The molecular weight excluding hydrogens is 300 g/mol. The average Bonchev–Trinajstić information content (AvgIpc) is 2.28. The summed E-state index contributed by atoms with van der Waals surface area (Å²) in [6, 6.07) is 1.50. The van der Waals surface area contributed by atoms with Gasteiger partial charge in [-0.25, -0.2) is 0 Å². The van der Waals surface area contributed by atoms with E-state index in [1.807, 2.05) is 0 Å². The highest BCUT2D eigenvalue weighted by Crippen LogP contribution is 2.37. The third kappa shape index (κ3) is 5.18. The zero-order chi connectivity index (χ0) is 17.4. The van der Waals surface area contributed by atoms with E-state index >= 15 is 0 Å². The lowest BCUT2D eigenvalue weighted by Crippen LogP contribution is -2.60. The molecule has 0 saturated heterocycles. The van der Waals surface area contributed by atoms with Gasteiger partial charge in [0.05, 0.1) is 0 Å². The Morgan fingerprint density at radius 1 is 0.591 bits per heavy atom. The van der Waals surface area contributed by atoms with E-state index < -0.39 is 16.5 Å². The normalized spacial score (nSPS) is 25.4. The molecule has 0 unspecified atom stereocenters. The molecule has 0 spiro atoms. The Morgan fingerprint density at radius 2 is 0.818 bits per heavy atom. The summed E-state index contributed by atoms with van der Waals surface area (Å²) in [6.07, 6.45) is 5.38. The molecule has 0 aromatic heterocycles. The van der Waals surface area contributed by atoms with Gasteiger partial charge in [0.2, 0.25) is 0 Å². The van der Waals surface area contributed by atoms with Crippen molar-refractivity contribution in [3.63, 3.8) is 0 Å². The van der Waals surface area contributed by atoms with Gasteiger partial charge >= 0.3 is 0 Å².